The van der Waals surface area contributed by atoms with Crippen molar-refractivity contribution in [3.63, 3.8) is 0 Å². The summed E-state index contributed by atoms with van der Waals surface area (Å²) in [6, 6.07) is 6.87. The van der Waals surface area contributed by atoms with Crippen molar-refractivity contribution >= 4 is 0 Å². The number of rotatable bonds is 3. The number of halogens is 3. The maximum atomic E-state index is 12.6. The molecule has 7 heteroatoms. The monoisotopic (exact) mass is 326 g/mol. The van der Waals surface area contributed by atoms with Gasteiger partial charge in [0.25, 0.3) is 5.56 Å². The van der Waals surface area contributed by atoms with E-state index in [1.807, 2.05) is 0 Å². The number of hydrogen-bond acceptors (Lipinski definition) is 3. The van der Waals surface area contributed by atoms with Gasteiger partial charge in [0.1, 0.15) is 5.76 Å². The molecule has 0 spiro atoms. The molecule has 0 unspecified atom stereocenters. The van der Waals surface area contributed by atoms with Crippen molar-refractivity contribution in [1.82, 2.24) is 10.5 Å². The Labute approximate surface area is 130 Å². The van der Waals surface area contributed by atoms with Crippen molar-refractivity contribution in [3.05, 3.63) is 57.6 Å². The predicted octanol–water partition coefficient (Wildman–Crippen LogP) is 3.07. The molecular weight excluding hydrogens is 309 g/mol. The first-order valence-corrected chi connectivity index (χ1v) is 7.50. The molecule has 2 N–H and O–H groups in total. The molecule has 23 heavy (non-hydrogen) atoms. The average molecular weight is 326 g/mol. The van der Waals surface area contributed by atoms with Crippen LogP contribution < -0.4 is 10.9 Å². The first-order chi connectivity index (χ1) is 10.9. The minimum absolute atomic E-state index is 0.144. The Morgan fingerprint density at radius 2 is 1.96 bits per heavy atom. The topological polar surface area (TPSA) is 58.0 Å². The van der Waals surface area contributed by atoms with Crippen LogP contribution in [0.4, 0.5) is 13.2 Å². The number of hydrogen-bond donors (Lipinski definition) is 2. The van der Waals surface area contributed by atoms with Crippen LogP contribution >= 0.6 is 0 Å². The van der Waals surface area contributed by atoms with E-state index >= 15 is 0 Å². The van der Waals surface area contributed by atoms with E-state index in [4.69, 9.17) is 4.52 Å². The molecule has 1 aromatic heterocycles. The summed E-state index contributed by atoms with van der Waals surface area (Å²) in [6.07, 6.45) is -2.02. The highest BCUT2D eigenvalue weighted by Gasteiger charge is 2.30. The zero-order valence-corrected chi connectivity index (χ0v) is 12.3. The van der Waals surface area contributed by atoms with Crippen molar-refractivity contribution in [3.8, 4) is 0 Å². The van der Waals surface area contributed by atoms with Gasteiger partial charge in [0.05, 0.1) is 5.56 Å². The van der Waals surface area contributed by atoms with Gasteiger partial charge >= 0.3 is 6.18 Å². The number of aromatic nitrogens is 1. The molecule has 4 nitrogen and oxygen atoms in total. The van der Waals surface area contributed by atoms with Crippen molar-refractivity contribution in [2.75, 3.05) is 6.54 Å². The van der Waals surface area contributed by atoms with Gasteiger partial charge in [0, 0.05) is 18.0 Å². The summed E-state index contributed by atoms with van der Waals surface area (Å²) < 4.78 is 42.9. The summed E-state index contributed by atoms with van der Waals surface area (Å²) in [6.45, 7) is 0.783. The van der Waals surface area contributed by atoms with E-state index < -0.39 is 11.7 Å². The van der Waals surface area contributed by atoms with Crippen molar-refractivity contribution in [2.24, 2.45) is 0 Å². The van der Waals surface area contributed by atoms with E-state index in [-0.39, 0.29) is 17.5 Å². The maximum absolute atomic E-state index is 12.6. The molecular formula is C16H17F3N2O2. The Bertz CT molecular complexity index is 703. The van der Waals surface area contributed by atoms with E-state index in [0.717, 1.165) is 37.1 Å². The zero-order valence-electron chi connectivity index (χ0n) is 12.3. The smallest absolute Gasteiger partial charge is 0.383 e. The molecule has 3 rings (SSSR count). The average Bonchev–Trinajstić information content (AvgIpc) is 2.94. The van der Waals surface area contributed by atoms with E-state index in [2.05, 4.69) is 10.5 Å². The Kier molecular flexibility index (Phi) is 4.30. The molecule has 1 fully saturated rings. The van der Waals surface area contributed by atoms with Crippen LogP contribution in [0, 0.1) is 0 Å². The summed E-state index contributed by atoms with van der Waals surface area (Å²) in [5.41, 5.74) is -0.0330. The van der Waals surface area contributed by atoms with Crippen LogP contribution in [0.3, 0.4) is 0 Å². The van der Waals surface area contributed by atoms with Crippen LogP contribution in [-0.2, 0) is 12.6 Å². The van der Waals surface area contributed by atoms with E-state index in [9.17, 15) is 18.0 Å². The third kappa shape index (κ3) is 3.85. The first-order valence-electron chi connectivity index (χ1n) is 7.50. The fraction of sp³-hybridized carbons (Fsp3) is 0.438. The molecule has 2 heterocycles. The Hall–Kier alpha value is -2.02. The van der Waals surface area contributed by atoms with Gasteiger partial charge in [-0.05, 0) is 43.5 Å². The predicted molar refractivity (Wildman–Crippen MR) is 78.2 cm³/mol. The lowest BCUT2D eigenvalue weighted by Gasteiger charge is -2.29. The van der Waals surface area contributed by atoms with Gasteiger partial charge in [-0.3, -0.25) is 4.79 Å². The zero-order chi connectivity index (χ0) is 16.4. The van der Waals surface area contributed by atoms with Crippen LogP contribution in [0.2, 0.25) is 0 Å². The second-order valence-corrected chi connectivity index (χ2v) is 5.89. The minimum atomic E-state index is -4.31. The highest BCUT2D eigenvalue weighted by Crippen LogP contribution is 2.30. The SMILES string of the molecule is O=c1cc([C@@H]2CCN[C@@H](Cc3ccc(C(F)(F)F)cc3)C2)o[nH]1. The largest absolute Gasteiger partial charge is 0.416 e. The number of aromatic amines is 1. The molecule has 0 amide bonds. The fourth-order valence-corrected chi connectivity index (χ4v) is 3.03. The molecule has 0 radical (unpaired) electrons. The molecule has 1 saturated heterocycles. The maximum Gasteiger partial charge on any atom is 0.416 e. The molecule has 1 aliphatic heterocycles. The van der Waals surface area contributed by atoms with Gasteiger partial charge in [-0.25, -0.2) is 0 Å². The normalized spacial score (nSPS) is 22.2. The lowest BCUT2D eigenvalue weighted by Crippen LogP contribution is -2.38. The third-order valence-corrected chi connectivity index (χ3v) is 4.20. The minimum Gasteiger partial charge on any atom is -0.383 e. The van der Waals surface area contributed by atoms with Crippen LogP contribution in [-0.4, -0.2) is 17.7 Å². The van der Waals surface area contributed by atoms with Crippen molar-refractivity contribution in [1.29, 1.82) is 0 Å². The quantitative estimate of drug-likeness (QED) is 0.911. The third-order valence-electron chi connectivity index (χ3n) is 4.20. The van der Waals surface area contributed by atoms with Crippen LogP contribution in [0.1, 0.15) is 35.6 Å². The molecule has 2 atom stereocenters. The van der Waals surface area contributed by atoms with Gasteiger partial charge in [-0.2, -0.15) is 18.3 Å². The fourth-order valence-electron chi connectivity index (χ4n) is 3.03. The lowest BCUT2D eigenvalue weighted by molar-refractivity contribution is -0.137. The number of alkyl halides is 3. The summed E-state index contributed by atoms with van der Waals surface area (Å²) in [5, 5.41) is 5.66. The second-order valence-electron chi connectivity index (χ2n) is 5.89. The standard InChI is InChI=1S/C16H17F3N2O2/c17-16(18,19)12-3-1-10(2-4-12)7-13-8-11(5-6-20-13)14-9-15(22)21-23-14/h1-4,9,11,13,20H,5-8H2,(H,21,22)/t11-,13+/m1/s1. The Balaban J connectivity index is 1.64. The number of nitrogens with one attached hydrogen (secondary N) is 2. The first kappa shape index (κ1) is 15.9. The van der Waals surface area contributed by atoms with Crippen LogP contribution in [0.25, 0.3) is 0 Å². The number of piperidine rings is 1. The Morgan fingerprint density at radius 3 is 2.57 bits per heavy atom. The molecule has 2 aromatic rings. The molecule has 0 bridgehead atoms. The van der Waals surface area contributed by atoms with Gasteiger partial charge in [-0.1, -0.05) is 12.1 Å². The van der Waals surface area contributed by atoms with Crippen LogP contribution in [0.15, 0.2) is 39.6 Å². The summed E-state index contributed by atoms with van der Waals surface area (Å²) in [7, 11) is 0. The molecule has 0 saturated carbocycles. The van der Waals surface area contributed by atoms with Crippen LogP contribution in [0.5, 0.6) is 0 Å². The molecule has 0 aliphatic carbocycles. The van der Waals surface area contributed by atoms with E-state index in [1.54, 1.807) is 0 Å². The Morgan fingerprint density at radius 1 is 1.22 bits per heavy atom. The van der Waals surface area contributed by atoms with Gasteiger partial charge in [0.15, 0.2) is 0 Å². The highest BCUT2D eigenvalue weighted by atomic mass is 19.4. The summed E-state index contributed by atoms with van der Waals surface area (Å²) in [4.78, 5) is 11.2. The highest BCUT2D eigenvalue weighted by molar-refractivity contribution is 5.25. The molecule has 1 aromatic carbocycles. The molecule has 1 aliphatic rings. The molecule has 124 valence electrons. The van der Waals surface area contributed by atoms with E-state index in [1.165, 1.54) is 18.2 Å². The second kappa shape index (κ2) is 6.23. The van der Waals surface area contributed by atoms with E-state index in [0.29, 0.717) is 12.2 Å². The van der Waals surface area contributed by atoms with Crippen molar-refractivity contribution < 1.29 is 17.7 Å². The summed E-state index contributed by atoms with van der Waals surface area (Å²) >= 11 is 0. The van der Waals surface area contributed by atoms with Gasteiger partial charge in [0.2, 0.25) is 0 Å². The number of benzene rings is 1. The van der Waals surface area contributed by atoms with Crippen molar-refractivity contribution in [2.45, 2.75) is 37.4 Å². The van der Waals surface area contributed by atoms with Gasteiger partial charge in [-0.15, -0.1) is 0 Å². The van der Waals surface area contributed by atoms with Gasteiger partial charge < -0.3 is 9.84 Å². The number of H-pyrrole nitrogens is 1. The lowest BCUT2D eigenvalue weighted by atomic mass is 9.87. The summed E-state index contributed by atoms with van der Waals surface area (Å²) in [5.74, 6) is 0.795.